The maximum Gasteiger partial charge on any atom is 0.144 e. The molecule has 0 bridgehead atoms. The molecule has 12 rings (SSSR count). The van der Waals surface area contributed by atoms with Crippen LogP contribution >= 0.6 is 11.3 Å². The van der Waals surface area contributed by atoms with Crippen LogP contribution in [-0.4, -0.2) is 0 Å². The van der Waals surface area contributed by atoms with E-state index in [-0.39, 0.29) is 0 Å². The molecule has 9 aromatic carbocycles. The molecule has 58 heavy (non-hydrogen) atoms. The molecule has 2 aromatic heterocycles. The van der Waals surface area contributed by atoms with Gasteiger partial charge >= 0.3 is 0 Å². The maximum absolute atomic E-state index is 6.64. The van der Waals surface area contributed by atoms with Gasteiger partial charge in [-0.05, 0) is 105 Å². The summed E-state index contributed by atoms with van der Waals surface area (Å²) in [6, 6.07) is 77.5. The highest BCUT2D eigenvalue weighted by molar-refractivity contribution is 7.26. The number of hydrogen-bond donors (Lipinski definition) is 0. The first kappa shape index (κ1) is 33.0. The number of nitrogens with zero attached hydrogens (tertiary/aromatic N) is 1. The van der Waals surface area contributed by atoms with E-state index >= 15 is 0 Å². The van der Waals surface area contributed by atoms with Crippen molar-refractivity contribution in [3.05, 3.63) is 235 Å². The Labute approximate surface area is 340 Å². The molecule has 0 N–H and O–H groups in total. The Hall–Kier alpha value is -7.20. The second-order valence-corrected chi connectivity index (χ2v) is 16.3. The van der Waals surface area contributed by atoms with Crippen molar-refractivity contribution in [3.63, 3.8) is 0 Å². The summed E-state index contributed by atoms with van der Waals surface area (Å²) in [4.78, 5) is 2.41. The largest absolute Gasteiger partial charge is 0.455 e. The predicted octanol–water partition coefficient (Wildman–Crippen LogP) is 15.5. The quantitative estimate of drug-likeness (QED) is 0.168. The van der Waals surface area contributed by atoms with Gasteiger partial charge in [0.25, 0.3) is 0 Å². The van der Waals surface area contributed by atoms with E-state index in [4.69, 9.17) is 4.42 Å². The van der Waals surface area contributed by atoms with Crippen LogP contribution < -0.4 is 4.90 Å². The van der Waals surface area contributed by atoms with E-state index in [0.29, 0.717) is 0 Å². The van der Waals surface area contributed by atoms with Crippen LogP contribution in [0.25, 0.3) is 64.4 Å². The lowest BCUT2D eigenvalue weighted by Crippen LogP contribution is -2.28. The molecule has 2 heterocycles. The fraction of sp³-hybridized carbons (Fsp3) is 0.0182. The molecule has 0 radical (unpaired) electrons. The molecular weight excluding hydrogens is 723 g/mol. The molecule has 0 atom stereocenters. The average molecular weight is 758 g/mol. The van der Waals surface area contributed by atoms with Crippen molar-refractivity contribution in [1.29, 1.82) is 0 Å². The van der Waals surface area contributed by atoms with Crippen LogP contribution in [0.4, 0.5) is 17.1 Å². The Balaban J connectivity index is 1.08. The summed E-state index contributed by atoms with van der Waals surface area (Å²) in [7, 11) is 0. The van der Waals surface area contributed by atoms with Crippen LogP contribution in [-0.2, 0) is 5.41 Å². The summed E-state index contributed by atoms with van der Waals surface area (Å²) < 4.78 is 9.12. The van der Waals surface area contributed by atoms with Crippen molar-refractivity contribution in [3.8, 4) is 22.3 Å². The summed E-state index contributed by atoms with van der Waals surface area (Å²) in [5, 5.41) is 4.73. The smallest absolute Gasteiger partial charge is 0.144 e. The monoisotopic (exact) mass is 757 g/mol. The number of anilines is 3. The van der Waals surface area contributed by atoms with Crippen LogP contribution in [0, 0.1) is 0 Å². The van der Waals surface area contributed by atoms with Crippen LogP contribution in [0.2, 0.25) is 0 Å². The molecule has 1 aliphatic carbocycles. The van der Waals surface area contributed by atoms with Crippen LogP contribution in [0.3, 0.4) is 0 Å². The van der Waals surface area contributed by atoms with E-state index in [1.165, 1.54) is 59.1 Å². The van der Waals surface area contributed by atoms with E-state index in [1.54, 1.807) is 0 Å². The van der Waals surface area contributed by atoms with Gasteiger partial charge in [-0.3, -0.25) is 0 Å². The van der Waals surface area contributed by atoms with Crippen molar-refractivity contribution in [2.45, 2.75) is 5.41 Å². The second-order valence-electron chi connectivity index (χ2n) is 15.2. The highest BCUT2D eigenvalue weighted by atomic mass is 32.1. The number of benzene rings is 9. The molecule has 272 valence electrons. The predicted molar refractivity (Wildman–Crippen MR) is 244 cm³/mol. The third-order valence-electron chi connectivity index (χ3n) is 12.1. The van der Waals surface area contributed by atoms with Gasteiger partial charge in [-0.15, -0.1) is 11.3 Å². The van der Waals surface area contributed by atoms with Crippen molar-refractivity contribution in [2.24, 2.45) is 0 Å². The van der Waals surface area contributed by atoms with Crippen LogP contribution in [0.15, 0.2) is 217 Å². The molecular formula is C55H35NOS. The molecule has 0 aliphatic heterocycles. The van der Waals surface area contributed by atoms with E-state index in [2.05, 4.69) is 211 Å². The Morgan fingerprint density at radius 2 is 1.02 bits per heavy atom. The number of thiophene rings is 1. The van der Waals surface area contributed by atoms with Gasteiger partial charge in [0.05, 0.1) is 5.41 Å². The van der Waals surface area contributed by atoms with Gasteiger partial charge in [0.15, 0.2) is 0 Å². The zero-order valence-corrected chi connectivity index (χ0v) is 32.3. The molecule has 0 fully saturated rings. The summed E-state index contributed by atoms with van der Waals surface area (Å²) >= 11 is 1.83. The number of hydrogen-bond acceptors (Lipinski definition) is 3. The van der Waals surface area contributed by atoms with Crippen molar-refractivity contribution < 1.29 is 4.42 Å². The van der Waals surface area contributed by atoms with Gasteiger partial charge in [-0.25, -0.2) is 0 Å². The minimum atomic E-state index is -0.494. The molecule has 11 aromatic rings. The summed E-state index contributed by atoms with van der Waals surface area (Å²) in [5.74, 6) is 0. The molecule has 2 nitrogen and oxygen atoms in total. The molecule has 0 spiro atoms. The third-order valence-corrected chi connectivity index (χ3v) is 13.3. The lowest BCUT2D eigenvalue weighted by molar-refractivity contribution is 0.673. The van der Waals surface area contributed by atoms with E-state index < -0.39 is 5.41 Å². The van der Waals surface area contributed by atoms with Gasteiger partial charge in [0, 0.05) is 48.0 Å². The Morgan fingerprint density at radius 3 is 1.83 bits per heavy atom. The zero-order chi connectivity index (χ0) is 38.2. The van der Waals surface area contributed by atoms with Gasteiger partial charge in [-0.1, -0.05) is 152 Å². The highest BCUT2D eigenvalue weighted by Gasteiger charge is 2.46. The van der Waals surface area contributed by atoms with E-state index in [9.17, 15) is 0 Å². The summed E-state index contributed by atoms with van der Waals surface area (Å²) in [5.41, 5.74) is 14.7. The van der Waals surface area contributed by atoms with Crippen LogP contribution in [0.5, 0.6) is 0 Å². The van der Waals surface area contributed by atoms with E-state index in [1.807, 2.05) is 17.4 Å². The second kappa shape index (κ2) is 12.9. The van der Waals surface area contributed by atoms with Gasteiger partial charge in [-0.2, -0.15) is 0 Å². The van der Waals surface area contributed by atoms with Crippen molar-refractivity contribution in [1.82, 2.24) is 0 Å². The number of furan rings is 1. The lowest BCUT2D eigenvalue weighted by atomic mass is 9.67. The topological polar surface area (TPSA) is 16.4 Å². The first-order valence-corrected chi connectivity index (χ1v) is 20.7. The first-order valence-electron chi connectivity index (χ1n) is 19.8. The minimum Gasteiger partial charge on any atom is -0.455 e. The number of para-hydroxylation sites is 2. The molecule has 0 amide bonds. The normalized spacial score (nSPS) is 13.0. The summed E-state index contributed by atoms with van der Waals surface area (Å²) in [6.07, 6.45) is 0. The highest BCUT2D eigenvalue weighted by Crippen LogP contribution is 2.57. The molecule has 3 heteroatoms. The lowest BCUT2D eigenvalue weighted by Gasteiger charge is -2.35. The SMILES string of the molecule is c1ccc(N(c2cccc(-c3cccc4sc5ccc6c7ccccc7oc6c5c34)c2)c2ccc3c(c2)C(c2ccccc2)(c2ccccc2)c2ccccc2-3)cc1. The maximum atomic E-state index is 6.64. The van der Waals surface area contributed by atoms with Gasteiger partial charge < -0.3 is 9.32 Å². The summed E-state index contributed by atoms with van der Waals surface area (Å²) in [6.45, 7) is 0. The fourth-order valence-electron chi connectivity index (χ4n) is 9.73. The van der Waals surface area contributed by atoms with Crippen LogP contribution in [0.1, 0.15) is 22.3 Å². The minimum absolute atomic E-state index is 0.494. The standard InChI is InChI=1S/C55H35NOS/c1-4-17-37(18-5-1)55(38-19-6-2-7-20-38)47-27-12-10-24-43(47)44-31-30-41(35-48(44)55)56(39-21-8-3-9-22-39)40-23-14-16-36(34-40)42-26-15-29-50-52(42)53-51(58-50)33-32-46-45-25-11-13-28-49(45)57-54(46)53/h1-35H. The Kier molecular flexibility index (Phi) is 7.35. The Morgan fingerprint density at radius 1 is 0.397 bits per heavy atom. The molecule has 1 aliphatic rings. The van der Waals surface area contributed by atoms with Crippen molar-refractivity contribution in [2.75, 3.05) is 4.90 Å². The molecule has 0 saturated heterocycles. The molecule has 0 saturated carbocycles. The Bertz CT molecular complexity index is 3300. The van der Waals surface area contributed by atoms with Gasteiger partial charge in [0.1, 0.15) is 11.2 Å². The third kappa shape index (κ3) is 4.78. The average Bonchev–Trinajstić information content (AvgIpc) is 3.96. The number of fused-ring (bicyclic) bond motifs is 10. The van der Waals surface area contributed by atoms with E-state index in [0.717, 1.165) is 44.6 Å². The van der Waals surface area contributed by atoms with Gasteiger partial charge in [0.2, 0.25) is 0 Å². The molecule has 0 unspecified atom stereocenters. The zero-order valence-electron chi connectivity index (χ0n) is 31.5. The first-order chi connectivity index (χ1) is 28.8. The van der Waals surface area contributed by atoms with Crippen molar-refractivity contribution >= 4 is 70.5 Å². The number of rotatable bonds is 6. The fourth-order valence-corrected chi connectivity index (χ4v) is 10.9.